The van der Waals surface area contributed by atoms with Gasteiger partial charge in [-0.3, -0.25) is 0 Å². The average Bonchev–Trinajstić information content (AvgIpc) is 3.81. The summed E-state index contributed by atoms with van der Waals surface area (Å²) in [6, 6.07) is 84.3. The highest BCUT2D eigenvalue weighted by atomic mass is 32.1. The highest BCUT2D eigenvalue weighted by Crippen LogP contribution is 2.51. The molecule has 0 radical (unpaired) electrons. The molecule has 1 nitrogen and oxygen atoms in total. The molecule has 0 unspecified atom stereocenters. The third-order valence-electron chi connectivity index (χ3n) is 13.5. The first-order chi connectivity index (χ1) is 30.5. The molecule has 0 bridgehead atoms. The lowest BCUT2D eigenvalue weighted by Crippen LogP contribution is -2.74. The van der Waals surface area contributed by atoms with Gasteiger partial charge in [0, 0.05) is 42.6 Å². The summed E-state index contributed by atoms with van der Waals surface area (Å²) >= 11 is 1.89. The van der Waals surface area contributed by atoms with E-state index in [-0.39, 0.29) is 5.41 Å². The van der Waals surface area contributed by atoms with Crippen molar-refractivity contribution in [1.82, 2.24) is 0 Å². The molecule has 0 fully saturated rings. The molecule has 10 aromatic carbocycles. The molecule has 0 saturated heterocycles. The number of hydrogen-bond donors (Lipinski definition) is 0. The van der Waals surface area contributed by atoms with E-state index in [1.807, 2.05) is 11.3 Å². The van der Waals surface area contributed by atoms with Crippen molar-refractivity contribution < 1.29 is 0 Å². The van der Waals surface area contributed by atoms with E-state index in [9.17, 15) is 0 Å². The van der Waals surface area contributed by atoms with E-state index in [1.165, 1.54) is 90.4 Å². The Morgan fingerprint density at radius 2 is 0.903 bits per heavy atom. The van der Waals surface area contributed by atoms with Gasteiger partial charge in [-0.2, -0.15) is 0 Å². The zero-order valence-corrected chi connectivity index (χ0v) is 36.5. The Hall–Kier alpha value is -7.04. The van der Waals surface area contributed by atoms with Crippen molar-refractivity contribution in [3.63, 3.8) is 0 Å². The fourth-order valence-electron chi connectivity index (χ4n) is 10.6. The van der Waals surface area contributed by atoms with Crippen LogP contribution < -0.4 is 25.6 Å². The molecule has 12 rings (SSSR count). The second kappa shape index (κ2) is 14.3. The molecule has 62 heavy (non-hydrogen) atoms. The molecule has 3 heteroatoms. The van der Waals surface area contributed by atoms with E-state index in [1.54, 1.807) is 0 Å². The fourth-order valence-corrected chi connectivity index (χ4v) is 16.4. The Bertz CT molecular complexity index is 3370. The van der Waals surface area contributed by atoms with Crippen LogP contribution in [0.3, 0.4) is 0 Å². The van der Waals surface area contributed by atoms with Crippen LogP contribution in [0.25, 0.3) is 52.8 Å². The lowest BCUT2D eigenvalue weighted by Gasteiger charge is -2.34. The normalized spacial score (nSPS) is 13.1. The van der Waals surface area contributed by atoms with E-state index in [2.05, 4.69) is 243 Å². The Labute approximate surface area is 367 Å². The molecule has 11 aromatic rings. The number of rotatable bonds is 8. The molecule has 0 N–H and O–H groups in total. The van der Waals surface area contributed by atoms with Crippen LogP contribution in [-0.2, 0) is 5.41 Å². The van der Waals surface area contributed by atoms with Crippen molar-refractivity contribution >= 4 is 98.9 Å². The van der Waals surface area contributed by atoms with Crippen molar-refractivity contribution in [2.45, 2.75) is 19.3 Å². The molecule has 1 aliphatic rings. The van der Waals surface area contributed by atoms with Crippen molar-refractivity contribution in [1.29, 1.82) is 0 Å². The van der Waals surface area contributed by atoms with Crippen molar-refractivity contribution in [2.75, 3.05) is 4.90 Å². The first-order valence-corrected chi connectivity index (χ1v) is 24.4. The molecule has 1 aliphatic carbocycles. The van der Waals surface area contributed by atoms with Crippen LogP contribution in [0.4, 0.5) is 17.1 Å². The largest absolute Gasteiger partial charge is 0.310 e. The SMILES string of the molecule is CC1(C)c2cccc3ccc4cc(N(c5ccc(-c6ccccc6)cc5)c5ccc6sc7ccc([Si](c8ccccc8)(c8ccccc8)c8ccccc8)cc7c6c5)cc1c4c23. The van der Waals surface area contributed by atoms with Gasteiger partial charge in [-0.15, -0.1) is 11.3 Å². The maximum Gasteiger partial charge on any atom is 0.179 e. The summed E-state index contributed by atoms with van der Waals surface area (Å²) in [6.45, 7) is 4.79. The smallest absolute Gasteiger partial charge is 0.179 e. The Kier molecular flexibility index (Phi) is 8.47. The molecule has 0 saturated carbocycles. The van der Waals surface area contributed by atoms with Crippen LogP contribution in [0.2, 0.25) is 0 Å². The molecule has 0 spiro atoms. The minimum Gasteiger partial charge on any atom is -0.310 e. The summed E-state index contributed by atoms with van der Waals surface area (Å²) in [6.07, 6.45) is 0. The molecule has 1 heterocycles. The maximum atomic E-state index is 2.54. The maximum absolute atomic E-state index is 2.72. The highest BCUT2D eigenvalue weighted by Gasteiger charge is 2.41. The minimum atomic E-state index is -2.72. The van der Waals surface area contributed by atoms with Gasteiger partial charge in [0.15, 0.2) is 8.07 Å². The second-order valence-corrected chi connectivity index (χ2v) is 22.2. The van der Waals surface area contributed by atoms with Crippen LogP contribution >= 0.6 is 11.3 Å². The first kappa shape index (κ1) is 36.8. The lowest BCUT2D eigenvalue weighted by molar-refractivity contribution is 0.663. The van der Waals surface area contributed by atoms with E-state index in [0.29, 0.717) is 0 Å². The van der Waals surface area contributed by atoms with Crippen LogP contribution in [-0.4, -0.2) is 8.07 Å². The van der Waals surface area contributed by atoms with Crippen molar-refractivity contribution in [3.05, 3.63) is 236 Å². The van der Waals surface area contributed by atoms with Crippen LogP contribution in [0.1, 0.15) is 25.0 Å². The predicted octanol–water partition coefficient (Wildman–Crippen LogP) is 13.5. The summed E-state index contributed by atoms with van der Waals surface area (Å²) in [4.78, 5) is 2.48. The summed E-state index contributed by atoms with van der Waals surface area (Å²) in [5.41, 5.74) is 8.55. The van der Waals surface area contributed by atoms with Crippen molar-refractivity contribution in [3.8, 4) is 11.1 Å². The van der Waals surface area contributed by atoms with E-state index < -0.39 is 8.07 Å². The third kappa shape index (κ3) is 5.59. The first-order valence-electron chi connectivity index (χ1n) is 21.6. The molecule has 294 valence electrons. The molecular formula is C59H43NSSi. The Morgan fingerprint density at radius 3 is 1.55 bits per heavy atom. The van der Waals surface area contributed by atoms with Gasteiger partial charge >= 0.3 is 0 Å². The summed E-state index contributed by atoms with van der Waals surface area (Å²) in [5, 5.41) is 13.5. The number of hydrogen-bond acceptors (Lipinski definition) is 2. The topological polar surface area (TPSA) is 3.24 Å². The molecule has 0 atom stereocenters. The van der Waals surface area contributed by atoms with Crippen LogP contribution in [0.15, 0.2) is 224 Å². The predicted molar refractivity (Wildman–Crippen MR) is 270 cm³/mol. The van der Waals surface area contributed by atoms with Crippen LogP contribution in [0, 0.1) is 0 Å². The molecular weight excluding hydrogens is 783 g/mol. The monoisotopic (exact) mass is 825 g/mol. The molecule has 0 amide bonds. The molecule has 0 aliphatic heterocycles. The standard InChI is InChI=1S/C59H43NSSi/c1-59(2)53-25-15-18-42-26-27-43-36-46(38-54(59)58(43)57(42)53)60(44-30-28-41(29-31-44)40-16-7-3-8-17-40)45-32-34-55-51(37-45)52-39-50(33-35-56(52)61-55)62(47-19-9-4-10-20-47,48-21-11-5-12-22-48)49-23-13-6-14-24-49/h3-39H,1-2H3. The van der Waals surface area contributed by atoms with Gasteiger partial charge in [0.25, 0.3) is 0 Å². The van der Waals surface area contributed by atoms with Gasteiger partial charge < -0.3 is 4.90 Å². The fraction of sp³-hybridized carbons (Fsp3) is 0.0508. The zero-order chi connectivity index (χ0) is 41.4. The quantitative estimate of drug-likeness (QED) is 0.0838. The summed E-state index contributed by atoms with van der Waals surface area (Å²) in [5.74, 6) is 0. The van der Waals surface area contributed by atoms with Crippen LogP contribution in [0.5, 0.6) is 0 Å². The summed E-state index contributed by atoms with van der Waals surface area (Å²) < 4.78 is 2.60. The lowest BCUT2D eigenvalue weighted by atomic mass is 9.81. The number of anilines is 3. The molecule has 1 aromatic heterocycles. The minimum absolute atomic E-state index is 0.128. The van der Waals surface area contributed by atoms with Gasteiger partial charge in [0.05, 0.1) is 0 Å². The van der Waals surface area contributed by atoms with E-state index >= 15 is 0 Å². The number of nitrogens with zero attached hydrogens (tertiary/aromatic N) is 1. The van der Waals surface area contributed by atoms with Gasteiger partial charge in [-0.1, -0.05) is 190 Å². The third-order valence-corrected chi connectivity index (χ3v) is 19.5. The van der Waals surface area contributed by atoms with Crippen molar-refractivity contribution in [2.24, 2.45) is 0 Å². The van der Waals surface area contributed by atoms with Gasteiger partial charge in [0.2, 0.25) is 0 Å². The van der Waals surface area contributed by atoms with Gasteiger partial charge in [-0.25, -0.2) is 0 Å². The Balaban J connectivity index is 1.08. The Morgan fingerprint density at radius 1 is 0.371 bits per heavy atom. The highest BCUT2D eigenvalue weighted by molar-refractivity contribution is 7.26. The van der Waals surface area contributed by atoms with Gasteiger partial charge in [-0.05, 0) is 113 Å². The summed E-state index contributed by atoms with van der Waals surface area (Å²) in [7, 11) is -2.72. The van der Waals surface area contributed by atoms with Gasteiger partial charge in [0.1, 0.15) is 0 Å². The second-order valence-electron chi connectivity index (χ2n) is 17.3. The number of fused-ring (bicyclic) bond motifs is 3. The zero-order valence-electron chi connectivity index (χ0n) is 34.7. The number of thiophene rings is 1. The number of benzene rings is 10. The average molecular weight is 826 g/mol. The van der Waals surface area contributed by atoms with E-state index in [0.717, 1.165) is 11.4 Å². The van der Waals surface area contributed by atoms with E-state index in [4.69, 9.17) is 0 Å².